The van der Waals surface area contributed by atoms with Gasteiger partial charge in [-0.25, -0.2) is 13.3 Å². The van der Waals surface area contributed by atoms with Gasteiger partial charge < -0.3 is 20.9 Å². The van der Waals surface area contributed by atoms with Crippen molar-refractivity contribution in [2.45, 2.75) is 19.4 Å². The second-order valence-corrected chi connectivity index (χ2v) is 7.73. The van der Waals surface area contributed by atoms with Gasteiger partial charge >= 0.3 is 0 Å². The topological polar surface area (TPSA) is 115 Å². The van der Waals surface area contributed by atoms with Gasteiger partial charge in [0.2, 0.25) is 5.95 Å². The number of ether oxygens (including phenoxy) is 1. The molecule has 4 N–H and O–H groups in total. The molecule has 0 spiro atoms. The van der Waals surface area contributed by atoms with Crippen molar-refractivity contribution in [3.63, 3.8) is 0 Å². The number of anilines is 1. The van der Waals surface area contributed by atoms with Crippen LogP contribution in [0.15, 0.2) is 48.7 Å². The molecular formula is C24H23F2N5O3. The van der Waals surface area contributed by atoms with Gasteiger partial charge in [-0.15, -0.1) is 5.10 Å². The Kier molecular flexibility index (Phi) is 6.42. The molecule has 2 heterocycles. The van der Waals surface area contributed by atoms with Gasteiger partial charge in [0.15, 0.2) is 17.2 Å². The van der Waals surface area contributed by atoms with E-state index in [1.54, 1.807) is 43.5 Å². The number of nitrogens with one attached hydrogen (secondary N) is 1. The number of aromatic nitrogens is 3. The Balaban J connectivity index is 1.51. The molecule has 0 aliphatic carbocycles. The molecule has 0 radical (unpaired) electrons. The average molecular weight is 467 g/mol. The van der Waals surface area contributed by atoms with Crippen molar-refractivity contribution in [3.8, 4) is 16.9 Å². The van der Waals surface area contributed by atoms with E-state index in [2.05, 4.69) is 15.4 Å². The van der Waals surface area contributed by atoms with Crippen molar-refractivity contribution in [1.29, 1.82) is 0 Å². The molecule has 4 aromatic rings. The number of nitrogens with two attached hydrogens (primary N) is 1. The van der Waals surface area contributed by atoms with Crippen LogP contribution in [0.1, 0.15) is 34.0 Å². The number of hydrogen-bond acceptors (Lipinski definition) is 6. The number of aliphatic hydroxyl groups excluding tert-OH is 1. The number of halogens is 2. The number of benzene rings is 2. The Labute approximate surface area is 194 Å². The van der Waals surface area contributed by atoms with E-state index in [1.165, 1.54) is 23.8 Å². The van der Waals surface area contributed by atoms with Gasteiger partial charge in [-0.05, 0) is 42.7 Å². The number of fused-ring (bicyclic) bond motifs is 1. The molecule has 4 rings (SSSR count). The Morgan fingerprint density at radius 1 is 1.26 bits per heavy atom. The molecule has 176 valence electrons. The fraction of sp³-hybridized carbons (Fsp3) is 0.208. The molecule has 1 amide bonds. The Bertz CT molecular complexity index is 1370. The standard InChI is InChI=1S/C24H23F2N5O3/c1-13-6-7-15(14-9-11-31-19(12-14)29-24(27)30-31)21(26)20(13)23(33)28-10-8-18(32)16-4-3-5-17(25)22(16)34-2/h3-7,9,11-12,18,32H,8,10H2,1-2H3,(H2,27,30)(H,28,33)/t18-/m1/s1. The number of pyridine rings is 1. The molecule has 34 heavy (non-hydrogen) atoms. The zero-order chi connectivity index (χ0) is 24.4. The van der Waals surface area contributed by atoms with Crippen LogP contribution in [-0.2, 0) is 0 Å². The van der Waals surface area contributed by atoms with Crippen LogP contribution in [0, 0.1) is 18.6 Å². The minimum absolute atomic E-state index is 0.0355. The molecule has 0 saturated heterocycles. The third kappa shape index (κ3) is 4.40. The van der Waals surface area contributed by atoms with E-state index in [-0.39, 0.29) is 41.4 Å². The van der Waals surface area contributed by atoms with Crippen molar-refractivity contribution >= 4 is 17.5 Å². The molecular weight excluding hydrogens is 444 g/mol. The van der Waals surface area contributed by atoms with Crippen LogP contribution < -0.4 is 15.8 Å². The zero-order valence-electron chi connectivity index (χ0n) is 18.5. The number of nitrogens with zero attached hydrogens (tertiary/aromatic N) is 3. The van der Waals surface area contributed by atoms with Gasteiger partial charge in [0.05, 0.1) is 18.8 Å². The summed E-state index contributed by atoms with van der Waals surface area (Å²) in [5.41, 5.74) is 7.42. The molecule has 0 saturated carbocycles. The number of para-hydroxylation sites is 1. The van der Waals surface area contributed by atoms with E-state index in [0.717, 1.165) is 0 Å². The SMILES string of the molecule is COc1c(F)cccc1[C@H](O)CCNC(=O)c1c(C)ccc(-c2ccn3nc(N)nc3c2)c1F. The smallest absolute Gasteiger partial charge is 0.254 e. The van der Waals surface area contributed by atoms with E-state index < -0.39 is 23.6 Å². The molecule has 0 aliphatic rings. The lowest BCUT2D eigenvalue weighted by Gasteiger charge is -2.16. The summed E-state index contributed by atoms with van der Waals surface area (Å²) in [5.74, 6) is -1.85. The maximum absolute atomic E-state index is 15.4. The van der Waals surface area contributed by atoms with E-state index in [4.69, 9.17) is 10.5 Å². The van der Waals surface area contributed by atoms with Crippen LogP contribution in [-0.4, -0.2) is 39.3 Å². The molecule has 2 aromatic heterocycles. The van der Waals surface area contributed by atoms with Gasteiger partial charge in [0.1, 0.15) is 5.82 Å². The first-order valence-electron chi connectivity index (χ1n) is 10.5. The minimum atomic E-state index is -1.08. The van der Waals surface area contributed by atoms with Crippen molar-refractivity contribution in [3.05, 3.63) is 77.0 Å². The van der Waals surface area contributed by atoms with Gasteiger partial charge in [0.25, 0.3) is 5.91 Å². The zero-order valence-corrected chi connectivity index (χ0v) is 18.5. The number of hydrogen-bond donors (Lipinski definition) is 3. The monoisotopic (exact) mass is 467 g/mol. The molecule has 8 nitrogen and oxygen atoms in total. The summed E-state index contributed by atoms with van der Waals surface area (Å²) < 4.78 is 35.8. The van der Waals surface area contributed by atoms with E-state index in [0.29, 0.717) is 16.8 Å². The summed E-state index contributed by atoms with van der Waals surface area (Å²) in [6.45, 7) is 1.67. The highest BCUT2D eigenvalue weighted by molar-refractivity contribution is 5.97. The van der Waals surface area contributed by atoms with Gasteiger partial charge in [-0.2, -0.15) is 4.98 Å². The number of aryl methyl sites for hydroxylation is 1. The number of rotatable bonds is 7. The fourth-order valence-corrected chi connectivity index (χ4v) is 3.81. The van der Waals surface area contributed by atoms with Crippen molar-refractivity contribution in [2.75, 3.05) is 19.4 Å². The van der Waals surface area contributed by atoms with Crippen molar-refractivity contribution < 1.29 is 23.4 Å². The lowest BCUT2D eigenvalue weighted by Crippen LogP contribution is -2.27. The maximum Gasteiger partial charge on any atom is 0.254 e. The molecule has 2 aromatic carbocycles. The third-order valence-corrected chi connectivity index (χ3v) is 5.51. The normalized spacial score (nSPS) is 12.0. The summed E-state index contributed by atoms with van der Waals surface area (Å²) in [7, 11) is 1.31. The van der Waals surface area contributed by atoms with Crippen molar-refractivity contribution in [1.82, 2.24) is 19.9 Å². The van der Waals surface area contributed by atoms with Crippen LogP contribution in [0.4, 0.5) is 14.7 Å². The van der Waals surface area contributed by atoms with E-state index in [1.807, 2.05) is 0 Å². The summed E-state index contributed by atoms with van der Waals surface area (Å²) >= 11 is 0. The first kappa shape index (κ1) is 23.1. The van der Waals surface area contributed by atoms with Crippen LogP contribution in [0.5, 0.6) is 5.75 Å². The van der Waals surface area contributed by atoms with Gasteiger partial charge in [0, 0.05) is 23.9 Å². The third-order valence-electron chi connectivity index (χ3n) is 5.51. The first-order valence-corrected chi connectivity index (χ1v) is 10.5. The molecule has 0 unspecified atom stereocenters. The quantitative estimate of drug-likeness (QED) is 0.384. The highest BCUT2D eigenvalue weighted by Crippen LogP contribution is 2.30. The molecule has 0 aliphatic heterocycles. The molecule has 0 fully saturated rings. The molecule has 1 atom stereocenters. The summed E-state index contributed by atoms with van der Waals surface area (Å²) in [6.07, 6.45) is 0.608. The summed E-state index contributed by atoms with van der Waals surface area (Å²) in [5, 5.41) is 17.1. The molecule has 10 heteroatoms. The second-order valence-electron chi connectivity index (χ2n) is 7.73. The average Bonchev–Trinajstić information content (AvgIpc) is 3.18. The maximum atomic E-state index is 15.4. The number of carbonyl (C=O) groups is 1. The Morgan fingerprint density at radius 2 is 2.06 bits per heavy atom. The van der Waals surface area contributed by atoms with E-state index in [9.17, 15) is 14.3 Å². The highest BCUT2D eigenvalue weighted by atomic mass is 19.1. The lowest BCUT2D eigenvalue weighted by molar-refractivity contribution is 0.0937. The van der Waals surface area contributed by atoms with Gasteiger partial charge in [-0.3, -0.25) is 4.79 Å². The summed E-state index contributed by atoms with van der Waals surface area (Å²) in [4.78, 5) is 16.9. The van der Waals surface area contributed by atoms with Crippen LogP contribution in [0.3, 0.4) is 0 Å². The fourth-order valence-electron chi connectivity index (χ4n) is 3.81. The first-order chi connectivity index (χ1) is 16.3. The minimum Gasteiger partial charge on any atom is -0.493 e. The van der Waals surface area contributed by atoms with Crippen LogP contribution >= 0.6 is 0 Å². The number of carbonyl (C=O) groups excluding carboxylic acids is 1. The Morgan fingerprint density at radius 3 is 2.82 bits per heavy atom. The number of amides is 1. The second kappa shape index (κ2) is 9.44. The number of nitrogen functional groups attached to an aromatic ring is 1. The lowest BCUT2D eigenvalue weighted by atomic mass is 9.98. The summed E-state index contributed by atoms with van der Waals surface area (Å²) in [6, 6.07) is 10.8. The predicted octanol–water partition coefficient (Wildman–Crippen LogP) is 3.43. The predicted molar refractivity (Wildman–Crippen MR) is 122 cm³/mol. The Hall–Kier alpha value is -4.05. The van der Waals surface area contributed by atoms with Crippen molar-refractivity contribution in [2.24, 2.45) is 0 Å². The number of methoxy groups -OCH3 is 1. The highest BCUT2D eigenvalue weighted by Gasteiger charge is 2.21. The van der Waals surface area contributed by atoms with Gasteiger partial charge in [-0.1, -0.05) is 24.3 Å². The van der Waals surface area contributed by atoms with Crippen LogP contribution in [0.25, 0.3) is 16.8 Å². The van der Waals surface area contributed by atoms with E-state index >= 15 is 4.39 Å². The largest absolute Gasteiger partial charge is 0.493 e. The molecule has 0 bridgehead atoms. The number of aliphatic hydroxyl groups is 1. The van der Waals surface area contributed by atoms with Crippen LogP contribution in [0.2, 0.25) is 0 Å².